The van der Waals surface area contributed by atoms with Gasteiger partial charge < -0.3 is 16.8 Å². The Morgan fingerprint density at radius 3 is 2.73 bits per heavy atom. The molecule has 0 aliphatic carbocycles. The highest BCUT2D eigenvalue weighted by atomic mass is 16.2. The fourth-order valence-corrected chi connectivity index (χ4v) is 0.959. The Bertz CT molecular complexity index is 391. The van der Waals surface area contributed by atoms with Crippen molar-refractivity contribution in [3.8, 4) is 0 Å². The van der Waals surface area contributed by atoms with Gasteiger partial charge in [0.2, 0.25) is 5.91 Å². The van der Waals surface area contributed by atoms with Gasteiger partial charge in [-0.25, -0.2) is 0 Å². The van der Waals surface area contributed by atoms with Gasteiger partial charge in [0.05, 0.1) is 17.4 Å². The average molecular weight is 208 g/mol. The Hall–Kier alpha value is -2.11. The number of nitrogens with two attached hydrogens (primary N) is 2. The van der Waals surface area contributed by atoms with Crippen molar-refractivity contribution >= 4 is 17.5 Å². The molecule has 0 radical (unpaired) electrons. The summed E-state index contributed by atoms with van der Waals surface area (Å²) in [7, 11) is 0. The Balaban J connectivity index is 2.78. The van der Waals surface area contributed by atoms with Crippen molar-refractivity contribution in [1.82, 2.24) is 10.3 Å². The molecule has 15 heavy (non-hydrogen) atoms. The second-order valence-corrected chi connectivity index (χ2v) is 3.06. The number of hydrogen-bond acceptors (Lipinski definition) is 4. The zero-order valence-electron chi connectivity index (χ0n) is 8.23. The zero-order valence-corrected chi connectivity index (χ0v) is 8.23. The maximum absolute atomic E-state index is 11.6. The average Bonchev–Trinajstić information content (AvgIpc) is 2.18. The number of rotatable bonds is 3. The summed E-state index contributed by atoms with van der Waals surface area (Å²) in [4.78, 5) is 26.0. The fourth-order valence-electron chi connectivity index (χ4n) is 0.959. The van der Waals surface area contributed by atoms with E-state index in [0.717, 1.165) is 0 Å². The molecule has 0 spiro atoms. The normalized spacial score (nSPS) is 11.8. The molecule has 80 valence electrons. The molecule has 0 saturated carbocycles. The molecule has 1 heterocycles. The number of pyridine rings is 1. The lowest BCUT2D eigenvalue weighted by atomic mass is 10.2. The number of nitrogen functional groups attached to an aromatic ring is 1. The van der Waals surface area contributed by atoms with Crippen molar-refractivity contribution in [1.29, 1.82) is 0 Å². The summed E-state index contributed by atoms with van der Waals surface area (Å²) >= 11 is 0. The maximum Gasteiger partial charge on any atom is 0.254 e. The van der Waals surface area contributed by atoms with Gasteiger partial charge in [0, 0.05) is 6.20 Å². The highest BCUT2D eigenvalue weighted by Crippen LogP contribution is 2.08. The Labute approximate surface area is 86.7 Å². The summed E-state index contributed by atoms with van der Waals surface area (Å²) < 4.78 is 0. The van der Waals surface area contributed by atoms with Crippen LogP contribution in [0, 0.1) is 0 Å². The molecule has 1 aromatic heterocycles. The summed E-state index contributed by atoms with van der Waals surface area (Å²) in [5.74, 6) is -1.04. The first-order valence-corrected chi connectivity index (χ1v) is 4.32. The van der Waals surface area contributed by atoms with E-state index in [1.165, 1.54) is 25.4 Å². The van der Waals surface area contributed by atoms with Crippen molar-refractivity contribution in [3.63, 3.8) is 0 Å². The zero-order chi connectivity index (χ0) is 11.4. The quantitative estimate of drug-likeness (QED) is 0.607. The summed E-state index contributed by atoms with van der Waals surface area (Å²) in [5, 5.41) is 2.42. The molecule has 2 amide bonds. The van der Waals surface area contributed by atoms with Crippen molar-refractivity contribution in [2.45, 2.75) is 13.0 Å². The third-order valence-corrected chi connectivity index (χ3v) is 1.87. The van der Waals surface area contributed by atoms with Crippen molar-refractivity contribution in [3.05, 3.63) is 24.0 Å². The Morgan fingerprint density at radius 1 is 1.53 bits per heavy atom. The van der Waals surface area contributed by atoms with Gasteiger partial charge in [0.1, 0.15) is 6.04 Å². The van der Waals surface area contributed by atoms with Crippen LogP contribution in [0.1, 0.15) is 17.3 Å². The number of aromatic nitrogens is 1. The van der Waals surface area contributed by atoms with Gasteiger partial charge in [-0.15, -0.1) is 0 Å². The molecule has 6 nitrogen and oxygen atoms in total. The van der Waals surface area contributed by atoms with Crippen LogP contribution < -0.4 is 16.8 Å². The fraction of sp³-hybridized carbons (Fsp3) is 0.222. The first-order valence-electron chi connectivity index (χ1n) is 4.32. The molecule has 6 heteroatoms. The SMILES string of the molecule is CC(NC(=O)c1ccncc1N)C(N)=O. The Morgan fingerprint density at radius 2 is 2.20 bits per heavy atom. The van der Waals surface area contributed by atoms with Crippen LogP contribution >= 0.6 is 0 Å². The van der Waals surface area contributed by atoms with Gasteiger partial charge in [-0.3, -0.25) is 14.6 Å². The molecule has 0 aliphatic heterocycles. The predicted octanol–water partition coefficient (Wildman–Crippen LogP) is -0.733. The lowest BCUT2D eigenvalue weighted by Crippen LogP contribution is -2.42. The highest BCUT2D eigenvalue weighted by Gasteiger charge is 2.15. The summed E-state index contributed by atoms with van der Waals surface area (Å²) in [6, 6.07) is 0.739. The van der Waals surface area contributed by atoms with Gasteiger partial charge in [0.25, 0.3) is 5.91 Å². The van der Waals surface area contributed by atoms with Gasteiger partial charge in [0.15, 0.2) is 0 Å². The van der Waals surface area contributed by atoms with Crippen LogP contribution in [0.3, 0.4) is 0 Å². The van der Waals surface area contributed by atoms with E-state index in [9.17, 15) is 9.59 Å². The van der Waals surface area contributed by atoms with Crippen LogP contribution in [0.2, 0.25) is 0 Å². The van der Waals surface area contributed by atoms with Crippen LogP contribution in [0.15, 0.2) is 18.5 Å². The molecular formula is C9H12N4O2. The van der Waals surface area contributed by atoms with Crippen LogP contribution in [-0.2, 0) is 4.79 Å². The molecule has 0 saturated heterocycles. The van der Waals surface area contributed by atoms with Crippen LogP contribution in [0.25, 0.3) is 0 Å². The smallest absolute Gasteiger partial charge is 0.254 e. The van der Waals surface area contributed by atoms with Crippen molar-refractivity contribution < 1.29 is 9.59 Å². The highest BCUT2D eigenvalue weighted by molar-refractivity contribution is 6.00. The molecule has 1 rings (SSSR count). The molecule has 1 unspecified atom stereocenters. The number of hydrogen-bond donors (Lipinski definition) is 3. The maximum atomic E-state index is 11.6. The summed E-state index contributed by atoms with van der Waals surface area (Å²) in [6.45, 7) is 1.50. The second kappa shape index (κ2) is 4.41. The van der Waals surface area contributed by atoms with Crippen LogP contribution in [0.5, 0.6) is 0 Å². The number of carbonyl (C=O) groups excluding carboxylic acids is 2. The second-order valence-electron chi connectivity index (χ2n) is 3.06. The number of nitrogens with one attached hydrogen (secondary N) is 1. The lowest BCUT2D eigenvalue weighted by molar-refractivity contribution is -0.119. The van der Waals surface area contributed by atoms with Crippen molar-refractivity contribution in [2.75, 3.05) is 5.73 Å². The van der Waals surface area contributed by atoms with E-state index in [-0.39, 0.29) is 11.3 Å². The standard InChI is InChI=1S/C9H12N4O2/c1-5(8(11)14)13-9(15)6-2-3-12-4-7(6)10/h2-5H,10H2,1H3,(H2,11,14)(H,13,15). The molecule has 5 N–H and O–H groups in total. The van der Waals surface area contributed by atoms with Gasteiger partial charge in [-0.05, 0) is 13.0 Å². The third-order valence-electron chi connectivity index (χ3n) is 1.87. The van der Waals surface area contributed by atoms with Gasteiger partial charge in [-0.2, -0.15) is 0 Å². The number of primary amides is 1. The molecule has 1 aromatic rings. The van der Waals surface area contributed by atoms with Crippen LogP contribution in [-0.4, -0.2) is 22.8 Å². The lowest BCUT2D eigenvalue weighted by Gasteiger charge is -2.10. The summed E-state index contributed by atoms with van der Waals surface area (Å²) in [5.41, 5.74) is 11.1. The van der Waals surface area contributed by atoms with E-state index in [4.69, 9.17) is 11.5 Å². The third kappa shape index (κ3) is 2.67. The molecule has 0 aliphatic rings. The molecular weight excluding hydrogens is 196 g/mol. The minimum Gasteiger partial charge on any atom is -0.397 e. The number of anilines is 1. The van der Waals surface area contributed by atoms with E-state index in [1.54, 1.807) is 0 Å². The first-order chi connectivity index (χ1) is 7.02. The van der Waals surface area contributed by atoms with E-state index in [2.05, 4.69) is 10.3 Å². The van der Waals surface area contributed by atoms with Gasteiger partial charge in [-0.1, -0.05) is 0 Å². The first kappa shape index (κ1) is 11.0. The molecule has 0 bridgehead atoms. The topological polar surface area (TPSA) is 111 Å². The Kier molecular flexibility index (Phi) is 3.22. The largest absolute Gasteiger partial charge is 0.397 e. The minimum absolute atomic E-state index is 0.256. The van der Waals surface area contributed by atoms with E-state index in [1.807, 2.05) is 0 Å². The number of nitrogens with zero attached hydrogens (tertiary/aromatic N) is 1. The monoisotopic (exact) mass is 208 g/mol. The minimum atomic E-state index is -0.731. The van der Waals surface area contributed by atoms with E-state index < -0.39 is 17.9 Å². The van der Waals surface area contributed by atoms with Crippen molar-refractivity contribution in [2.24, 2.45) is 5.73 Å². The molecule has 0 aromatic carbocycles. The predicted molar refractivity (Wildman–Crippen MR) is 54.8 cm³/mol. The van der Waals surface area contributed by atoms with Gasteiger partial charge >= 0.3 is 0 Å². The number of carbonyl (C=O) groups is 2. The van der Waals surface area contributed by atoms with Crippen LogP contribution in [0.4, 0.5) is 5.69 Å². The molecule has 1 atom stereocenters. The van der Waals surface area contributed by atoms with E-state index >= 15 is 0 Å². The summed E-state index contributed by atoms with van der Waals surface area (Å²) in [6.07, 6.45) is 2.81. The number of amides is 2. The van der Waals surface area contributed by atoms with E-state index in [0.29, 0.717) is 0 Å². The molecule has 0 fully saturated rings.